The molecule has 5 rings (SSSR count). The lowest BCUT2D eigenvalue weighted by atomic mass is 10.0. The molecule has 2 aromatic heterocycles. The smallest absolute Gasteiger partial charge is 0.280 e. The molecule has 1 amide bonds. The number of nitrogens with zero attached hydrogens (tertiary/aromatic N) is 4. The van der Waals surface area contributed by atoms with Gasteiger partial charge in [0.1, 0.15) is 17.0 Å². The van der Waals surface area contributed by atoms with Gasteiger partial charge in [-0.05, 0) is 36.6 Å². The van der Waals surface area contributed by atoms with Gasteiger partial charge in [-0.1, -0.05) is 42.5 Å². The summed E-state index contributed by atoms with van der Waals surface area (Å²) in [6, 6.07) is 17.9. The molecule has 0 saturated carbocycles. The first-order valence-corrected chi connectivity index (χ1v) is 10.7. The predicted octanol–water partition coefficient (Wildman–Crippen LogP) is 5.32. The van der Waals surface area contributed by atoms with E-state index >= 15 is 0 Å². The number of hydrogen-bond acceptors (Lipinski definition) is 4. The minimum atomic E-state index is -2.76. The zero-order chi connectivity index (χ0) is 22.9. The zero-order valence-electron chi connectivity index (χ0n) is 18.0. The number of carbonyl (C=O) groups excluding carboxylic acids is 1. The minimum Gasteiger partial charge on any atom is -0.497 e. The SMILES string of the molecule is COc1ccc([C@@H]2CCCN2C(=O)c2cnn3c(C(F)F)cc(-c4ccccc4)nc23)cc1. The molecule has 0 N–H and O–H groups in total. The highest BCUT2D eigenvalue weighted by Crippen LogP contribution is 2.35. The minimum absolute atomic E-state index is 0.106. The van der Waals surface area contributed by atoms with Crippen LogP contribution < -0.4 is 4.74 Å². The second kappa shape index (κ2) is 8.61. The van der Waals surface area contributed by atoms with Crippen LogP contribution in [0.5, 0.6) is 5.75 Å². The number of ether oxygens (including phenoxy) is 1. The Labute approximate surface area is 189 Å². The first kappa shape index (κ1) is 21.1. The van der Waals surface area contributed by atoms with Gasteiger partial charge in [-0.25, -0.2) is 18.3 Å². The molecule has 0 spiro atoms. The third kappa shape index (κ3) is 3.82. The maximum absolute atomic E-state index is 13.9. The Balaban J connectivity index is 1.56. The fourth-order valence-corrected chi connectivity index (χ4v) is 4.39. The summed E-state index contributed by atoms with van der Waals surface area (Å²) in [5.41, 5.74) is 2.13. The average molecular weight is 448 g/mol. The van der Waals surface area contributed by atoms with E-state index in [0.29, 0.717) is 17.8 Å². The average Bonchev–Trinajstić information content (AvgIpc) is 3.51. The van der Waals surface area contributed by atoms with E-state index in [0.717, 1.165) is 28.7 Å². The van der Waals surface area contributed by atoms with Crippen LogP contribution in [0.3, 0.4) is 0 Å². The molecule has 168 valence electrons. The van der Waals surface area contributed by atoms with E-state index in [1.165, 1.54) is 12.3 Å². The molecule has 0 aliphatic carbocycles. The van der Waals surface area contributed by atoms with Crippen molar-refractivity contribution in [1.82, 2.24) is 19.5 Å². The maximum atomic E-state index is 13.9. The van der Waals surface area contributed by atoms with Gasteiger partial charge in [-0.2, -0.15) is 5.10 Å². The molecule has 8 heteroatoms. The Morgan fingerprint density at radius 1 is 1.12 bits per heavy atom. The summed E-state index contributed by atoms with van der Waals surface area (Å²) in [5.74, 6) is 0.482. The van der Waals surface area contributed by atoms with Crippen molar-refractivity contribution in [3.05, 3.63) is 83.7 Å². The molecular formula is C25H22F2N4O2. The summed E-state index contributed by atoms with van der Waals surface area (Å²) in [5, 5.41) is 4.10. The molecule has 1 fully saturated rings. The molecule has 1 saturated heterocycles. The Bertz CT molecular complexity index is 1290. The van der Waals surface area contributed by atoms with Crippen LogP contribution in [0, 0.1) is 0 Å². The van der Waals surface area contributed by atoms with Crippen molar-refractivity contribution in [3.8, 4) is 17.0 Å². The van der Waals surface area contributed by atoms with Gasteiger partial charge in [0.2, 0.25) is 0 Å². The highest BCUT2D eigenvalue weighted by atomic mass is 19.3. The summed E-state index contributed by atoms with van der Waals surface area (Å²) in [6.45, 7) is 0.576. The van der Waals surface area contributed by atoms with Crippen LogP contribution in [-0.2, 0) is 0 Å². The zero-order valence-corrected chi connectivity index (χ0v) is 18.0. The molecule has 1 atom stereocenters. The van der Waals surface area contributed by atoms with Crippen LogP contribution in [0.15, 0.2) is 66.9 Å². The molecule has 0 unspecified atom stereocenters. The van der Waals surface area contributed by atoms with Crippen LogP contribution in [0.25, 0.3) is 16.9 Å². The molecule has 1 aliphatic rings. The fourth-order valence-electron chi connectivity index (χ4n) is 4.39. The molecule has 2 aromatic carbocycles. The molecular weight excluding hydrogens is 426 g/mol. The number of benzene rings is 2. The third-order valence-corrected chi connectivity index (χ3v) is 6.04. The van der Waals surface area contributed by atoms with Gasteiger partial charge in [0.15, 0.2) is 5.65 Å². The van der Waals surface area contributed by atoms with E-state index < -0.39 is 6.43 Å². The summed E-state index contributed by atoms with van der Waals surface area (Å²) >= 11 is 0. The Morgan fingerprint density at radius 2 is 1.88 bits per heavy atom. The van der Waals surface area contributed by atoms with Crippen molar-refractivity contribution >= 4 is 11.6 Å². The van der Waals surface area contributed by atoms with Crippen molar-refractivity contribution in [3.63, 3.8) is 0 Å². The number of likely N-dealkylation sites (tertiary alicyclic amines) is 1. The van der Waals surface area contributed by atoms with E-state index in [-0.39, 0.29) is 28.9 Å². The molecule has 3 heterocycles. The van der Waals surface area contributed by atoms with E-state index in [1.54, 1.807) is 24.1 Å². The molecule has 1 aliphatic heterocycles. The van der Waals surface area contributed by atoms with Crippen LogP contribution in [-0.4, -0.2) is 39.1 Å². The third-order valence-electron chi connectivity index (χ3n) is 6.04. The van der Waals surface area contributed by atoms with E-state index in [2.05, 4.69) is 10.1 Å². The molecule has 6 nitrogen and oxygen atoms in total. The van der Waals surface area contributed by atoms with E-state index in [9.17, 15) is 13.6 Å². The topological polar surface area (TPSA) is 59.7 Å². The van der Waals surface area contributed by atoms with Crippen molar-refractivity contribution < 1.29 is 18.3 Å². The van der Waals surface area contributed by atoms with Crippen LogP contribution in [0.2, 0.25) is 0 Å². The number of carbonyl (C=O) groups is 1. The summed E-state index contributed by atoms with van der Waals surface area (Å²) < 4.78 is 34.0. The van der Waals surface area contributed by atoms with Crippen molar-refractivity contribution in [2.45, 2.75) is 25.3 Å². The van der Waals surface area contributed by atoms with Gasteiger partial charge >= 0.3 is 0 Å². The summed E-state index contributed by atoms with van der Waals surface area (Å²) in [7, 11) is 1.61. The standard InChI is InChI=1S/C25H22F2N4O2/c1-33-18-11-9-17(10-12-18)21-8-5-13-30(21)25(32)19-15-28-31-22(23(26)27)14-20(29-24(19)31)16-6-3-2-4-7-16/h2-4,6-7,9-12,14-15,21,23H,5,8,13H2,1H3/t21-/m0/s1. The largest absolute Gasteiger partial charge is 0.497 e. The van der Waals surface area contributed by atoms with Gasteiger partial charge in [0, 0.05) is 12.1 Å². The highest BCUT2D eigenvalue weighted by Gasteiger charge is 2.33. The predicted molar refractivity (Wildman–Crippen MR) is 119 cm³/mol. The van der Waals surface area contributed by atoms with Crippen LogP contribution in [0.1, 0.15) is 46.9 Å². The van der Waals surface area contributed by atoms with Gasteiger partial charge in [-0.3, -0.25) is 4.79 Å². The number of aromatic nitrogens is 3. The number of hydrogen-bond donors (Lipinski definition) is 0. The van der Waals surface area contributed by atoms with E-state index in [4.69, 9.17) is 4.74 Å². The van der Waals surface area contributed by atoms with Gasteiger partial charge in [0.05, 0.1) is 25.0 Å². The normalized spacial score (nSPS) is 16.0. The maximum Gasteiger partial charge on any atom is 0.280 e. The Morgan fingerprint density at radius 3 is 2.58 bits per heavy atom. The monoisotopic (exact) mass is 448 g/mol. The Kier molecular flexibility index (Phi) is 5.50. The summed E-state index contributed by atoms with van der Waals surface area (Å²) in [6.07, 6.45) is 0.253. The number of halogens is 2. The second-order valence-corrected chi connectivity index (χ2v) is 7.96. The molecule has 0 radical (unpaired) electrons. The number of rotatable bonds is 5. The molecule has 33 heavy (non-hydrogen) atoms. The van der Waals surface area contributed by atoms with E-state index in [1.807, 2.05) is 42.5 Å². The van der Waals surface area contributed by atoms with Gasteiger partial charge in [0.25, 0.3) is 12.3 Å². The van der Waals surface area contributed by atoms with Gasteiger partial charge in [-0.15, -0.1) is 0 Å². The lowest BCUT2D eigenvalue weighted by molar-refractivity contribution is 0.0737. The number of fused-ring (bicyclic) bond motifs is 1. The summed E-state index contributed by atoms with van der Waals surface area (Å²) in [4.78, 5) is 19.9. The van der Waals surface area contributed by atoms with Crippen molar-refractivity contribution in [1.29, 1.82) is 0 Å². The number of methoxy groups -OCH3 is 1. The van der Waals surface area contributed by atoms with Crippen LogP contribution >= 0.6 is 0 Å². The van der Waals surface area contributed by atoms with Crippen molar-refractivity contribution in [2.75, 3.05) is 13.7 Å². The van der Waals surface area contributed by atoms with Crippen molar-refractivity contribution in [2.24, 2.45) is 0 Å². The Hall–Kier alpha value is -3.81. The molecule has 4 aromatic rings. The quantitative estimate of drug-likeness (QED) is 0.415. The first-order valence-electron chi connectivity index (χ1n) is 10.7. The van der Waals surface area contributed by atoms with Gasteiger partial charge < -0.3 is 9.64 Å². The number of amides is 1. The molecule has 0 bridgehead atoms. The fraction of sp³-hybridized carbons (Fsp3) is 0.240. The van der Waals surface area contributed by atoms with Crippen LogP contribution in [0.4, 0.5) is 8.78 Å². The number of alkyl halides is 2. The highest BCUT2D eigenvalue weighted by molar-refractivity contribution is 6.00. The first-order chi connectivity index (χ1) is 16.1. The lowest BCUT2D eigenvalue weighted by Gasteiger charge is -2.25. The second-order valence-electron chi connectivity index (χ2n) is 7.96. The lowest BCUT2D eigenvalue weighted by Crippen LogP contribution is -2.30.